The largest absolute Gasteiger partial charge is 0.493 e. The molecule has 0 amide bonds. The van der Waals surface area contributed by atoms with Gasteiger partial charge in [-0.3, -0.25) is 0 Å². The summed E-state index contributed by atoms with van der Waals surface area (Å²) in [5.41, 5.74) is 4.39. The van der Waals surface area contributed by atoms with Gasteiger partial charge in [0.2, 0.25) is 5.95 Å². The molecule has 36 heavy (non-hydrogen) atoms. The first-order valence-electron chi connectivity index (χ1n) is 12.1. The Labute approximate surface area is 212 Å². The van der Waals surface area contributed by atoms with Crippen LogP contribution < -0.4 is 14.8 Å². The molecule has 0 fully saturated rings. The smallest absolute Gasteiger partial charge is 0.338 e. The summed E-state index contributed by atoms with van der Waals surface area (Å²) in [7, 11) is 1.60. The predicted octanol–water partition coefficient (Wildman–Crippen LogP) is 5.40. The van der Waals surface area contributed by atoms with E-state index in [0.717, 1.165) is 11.1 Å². The van der Waals surface area contributed by atoms with Gasteiger partial charge < -0.3 is 19.5 Å². The zero-order valence-electron chi connectivity index (χ0n) is 22.0. The van der Waals surface area contributed by atoms with E-state index in [4.69, 9.17) is 14.2 Å². The van der Waals surface area contributed by atoms with E-state index in [0.29, 0.717) is 35.3 Å². The minimum Gasteiger partial charge on any atom is -0.493 e. The number of aromatic nitrogens is 3. The highest BCUT2D eigenvalue weighted by molar-refractivity contribution is 5.92. The van der Waals surface area contributed by atoms with Crippen LogP contribution in [0.5, 0.6) is 11.5 Å². The average molecular weight is 491 g/mol. The van der Waals surface area contributed by atoms with Crippen molar-refractivity contribution in [2.45, 2.75) is 65.7 Å². The fourth-order valence-corrected chi connectivity index (χ4v) is 4.18. The quantitative estimate of drug-likeness (QED) is 0.444. The Kier molecular flexibility index (Phi) is 7.06. The Bertz CT molecular complexity index is 1270. The molecule has 0 aliphatic carbocycles. The molecule has 0 spiro atoms. The number of carbonyl (C=O) groups excluding carboxylic acids is 1. The summed E-state index contributed by atoms with van der Waals surface area (Å²) < 4.78 is 19.0. The number of anilines is 1. The van der Waals surface area contributed by atoms with Crippen molar-refractivity contribution in [3.05, 3.63) is 76.8 Å². The van der Waals surface area contributed by atoms with Crippen LogP contribution in [-0.4, -0.2) is 33.9 Å². The summed E-state index contributed by atoms with van der Waals surface area (Å²) in [5, 5.41) is 7.52. The van der Waals surface area contributed by atoms with E-state index in [1.54, 1.807) is 11.8 Å². The molecule has 2 aromatic carbocycles. The van der Waals surface area contributed by atoms with Gasteiger partial charge in [-0.05, 0) is 55.0 Å². The molecule has 8 nitrogen and oxygen atoms in total. The minimum atomic E-state index is -0.525. The molecule has 1 aliphatic rings. The standard InChI is InChI=1S/C28H34N4O4/c1-17(2)36-26(33)24-18(3)31-27-29-16-30-32(27)25(24)20-10-13-22(23(14-20)34-7)35-15-19-8-11-21(12-9-19)28(4,5)6/h8-14,16-17,25H,15H2,1-7H3,(H,29,30,31). The highest BCUT2D eigenvalue weighted by Crippen LogP contribution is 2.39. The number of carbonyl (C=O) groups is 1. The van der Waals surface area contributed by atoms with Crippen LogP contribution in [0.3, 0.4) is 0 Å². The minimum absolute atomic E-state index is 0.101. The Morgan fingerprint density at radius 3 is 2.47 bits per heavy atom. The molecular formula is C28H34N4O4. The lowest BCUT2D eigenvalue weighted by Gasteiger charge is -2.29. The lowest BCUT2D eigenvalue weighted by atomic mass is 9.87. The lowest BCUT2D eigenvalue weighted by Crippen LogP contribution is -2.30. The van der Waals surface area contributed by atoms with Gasteiger partial charge >= 0.3 is 5.97 Å². The van der Waals surface area contributed by atoms with Crippen molar-refractivity contribution in [1.29, 1.82) is 0 Å². The fourth-order valence-electron chi connectivity index (χ4n) is 4.18. The molecule has 190 valence electrons. The average Bonchev–Trinajstić information content (AvgIpc) is 3.29. The van der Waals surface area contributed by atoms with Crippen LogP contribution in [0.2, 0.25) is 0 Å². The van der Waals surface area contributed by atoms with E-state index in [2.05, 4.69) is 60.4 Å². The second kappa shape index (κ2) is 10.0. The summed E-state index contributed by atoms with van der Waals surface area (Å²) >= 11 is 0. The number of rotatable bonds is 7. The first kappa shape index (κ1) is 25.3. The summed E-state index contributed by atoms with van der Waals surface area (Å²) in [4.78, 5) is 17.3. The van der Waals surface area contributed by atoms with Crippen LogP contribution in [-0.2, 0) is 21.6 Å². The molecule has 0 saturated carbocycles. The third-order valence-corrected chi connectivity index (χ3v) is 6.07. The molecule has 8 heteroatoms. The maximum absolute atomic E-state index is 13.1. The van der Waals surface area contributed by atoms with Crippen LogP contribution in [0, 0.1) is 0 Å². The molecule has 4 rings (SSSR count). The molecular weight excluding hydrogens is 456 g/mol. The molecule has 1 N–H and O–H groups in total. The van der Waals surface area contributed by atoms with Gasteiger partial charge in [-0.1, -0.05) is 51.1 Å². The van der Waals surface area contributed by atoms with E-state index >= 15 is 0 Å². The van der Waals surface area contributed by atoms with Crippen molar-refractivity contribution in [2.75, 3.05) is 12.4 Å². The summed E-state index contributed by atoms with van der Waals surface area (Å²) in [5.74, 6) is 1.32. The van der Waals surface area contributed by atoms with Gasteiger partial charge in [0.05, 0.1) is 18.8 Å². The summed E-state index contributed by atoms with van der Waals surface area (Å²) in [6.07, 6.45) is 1.21. The topological polar surface area (TPSA) is 87.5 Å². The number of ether oxygens (including phenoxy) is 3. The second-order valence-electron chi connectivity index (χ2n) is 10.2. The predicted molar refractivity (Wildman–Crippen MR) is 138 cm³/mol. The van der Waals surface area contributed by atoms with Crippen molar-refractivity contribution in [2.24, 2.45) is 0 Å². The molecule has 0 radical (unpaired) electrons. The molecule has 2 heterocycles. The van der Waals surface area contributed by atoms with E-state index < -0.39 is 12.0 Å². The number of esters is 1. The van der Waals surface area contributed by atoms with E-state index in [1.165, 1.54) is 11.9 Å². The SMILES string of the molecule is COc1cc(C2C(C(=O)OC(C)C)=C(C)Nc3ncnn32)ccc1OCc1ccc(C(C)(C)C)cc1. The van der Waals surface area contributed by atoms with Crippen molar-refractivity contribution in [3.63, 3.8) is 0 Å². The van der Waals surface area contributed by atoms with Gasteiger partial charge in [0.15, 0.2) is 11.5 Å². The normalized spacial score (nSPS) is 15.4. The summed E-state index contributed by atoms with van der Waals surface area (Å²) in [6, 6.07) is 13.6. The Balaban J connectivity index is 1.62. The Morgan fingerprint density at radius 2 is 1.83 bits per heavy atom. The first-order chi connectivity index (χ1) is 17.1. The molecule has 1 aliphatic heterocycles. The molecule has 1 unspecified atom stereocenters. The van der Waals surface area contributed by atoms with Crippen molar-refractivity contribution < 1.29 is 19.0 Å². The van der Waals surface area contributed by atoms with Crippen LogP contribution in [0.1, 0.15) is 64.3 Å². The Hall–Kier alpha value is -3.81. The third kappa shape index (κ3) is 5.22. The van der Waals surface area contributed by atoms with Crippen LogP contribution in [0.25, 0.3) is 0 Å². The highest BCUT2D eigenvalue weighted by atomic mass is 16.5. The third-order valence-electron chi connectivity index (χ3n) is 6.07. The van der Waals surface area contributed by atoms with Gasteiger partial charge in [0.1, 0.15) is 19.0 Å². The zero-order chi connectivity index (χ0) is 26.0. The number of methoxy groups -OCH3 is 1. The molecule has 0 bridgehead atoms. The molecule has 1 aromatic heterocycles. The van der Waals surface area contributed by atoms with Gasteiger partial charge in [0.25, 0.3) is 0 Å². The number of benzene rings is 2. The molecule has 0 saturated heterocycles. The lowest BCUT2D eigenvalue weighted by molar-refractivity contribution is -0.143. The second-order valence-corrected chi connectivity index (χ2v) is 10.2. The first-order valence-corrected chi connectivity index (χ1v) is 12.1. The van der Waals surface area contributed by atoms with Gasteiger partial charge in [-0.15, -0.1) is 0 Å². The van der Waals surface area contributed by atoms with Gasteiger partial charge in [-0.25, -0.2) is 9.48 Å². The van der Waals surface area contributed by atoms with E-state index in [-0.39, 0.29) is 11.5 Å². The van der Waals surface area contributed by atoms with Crippen LogP contribution >= 0.6 is 0 Å². The maximum atomic E-state index is 13.1. The molecule has 1 atom stereocenters. The van der Waals surface area contributed by atoms with E-state index in [9.17, 15) is 4.79 Å². The van der Waals surface area contributed by atoms with Gasteiger partial charge in [-0.2, -0.15) is 10.1 Å². The van der Waals surface area contributed by atoms with E-state index in [1.807, 2.05) is 39.0 Å². The number of nitrogens with zero attached hydrogens (tertiary/aromatic N) is 3. The number of nitrogens with one attached hydrogen (secondary N) is 1. The van der Waals surface area contributed by atoms with Crippen LogP contribution in [0.15, 0.2) is 60.1 Å². The number of allylic oxidation sites excluding steroid dienone is 1. The maximum Gasteiger partial charge on any atom is 0.338 e. The fraction of sp³-hybridized carbons (Fsp3) is 0.393. The van der Waals surface area contributed by atoms with Crippen molar-refractivity contribution in [3.8, 4) is 11.5 Å². The van der Waals surface area contributed by atoms with Crippen LogP contribution in [0.4, 0.5) is 5.95 Å². The molecule has 3 aromatic rings. The number of hydrogen-bond donors (Lipinski definition) is 1. The van der Waals surface area contributed by atoms with Gasteiger partial charge in [0, 0.05) is 5.70 Å². The van der Waals surface area contributed by atoms with Crippen molar-refractivity contribution in [1.82, 2.24) is 14.8 Å². The Morgan fingerprint density at radius 1 is 1.11 bits per heavy atom. The van der Waals surface area contributed by atoms with Crippen molar-refractivity contribution >= 4 is 11.9 Å². The highest BCUT2D eigenvalue weighted by Gasteiger charge is 2.35. The zero-order valence-corrected chi connectivity index (χ0v) is 22.0. The number of hydrogen-bond acceptors (Lipinski definition) is 7. The summed E-state index contributed by atoms with van der Waals surface area (Å²) in [6.45, 7) is 12.5. The number of fused-ring (bicyclic) bond motifs is 1. The monoisotopic (exact) mass is 490 g/mol.